The van der Waals surface area contributed by atoms with Gasteiger partial charge in [0.1, 0.15) is 35.9 Å². The number of rotatable bonds is 5. The summed E-state index contributed by atoms with van der Waals surface area (Å²) in [5.41, 5.74) is 0.587. The summed E-state index contributed by atoms with van der Waals surface area (Å²) in [6.45, 7) is 16.8. The molecule has 1 N–H and O–H groups in total. The highest BCUT2D eigenvalue weighted by atomic mass is 35.5. The van der Waals surface area contributed by atoms with Gasteiger partial charge in [-0.05, 0) is 45.3 Å². The van der Waals surface area contributed by atoms with Crippen molar-refractivity contribution in [3.63, 3.8) is 0 Å². The van der Waals surface area contributed by atoms with Crippen LogP contribution in [0.4, 0.5) is 4.39 Å². The normalized spacial score (nSPS) is 25.1. The lowest BCUT2D eigenvalue weighted by molar-refractivity contribution is -0.137. The van der Waals surface area contributed by atoms with E-state index >= 15 is 0 Å². The second-order valence-electron chi connectivity index (χ2n) is 9.06. The van der Waals surface area contributed by atoms with Gasteiger partial charge in [0.25, 0.3) is 0 Å². The predicted molar refractivity (Wildman–Crippen MR) is 150 cm³/mol. The number of likely N-dealkylation sites (tertiary alicyclic amines) is 1. The third kappa shape index (κ3) is 6.57. The molecule has 2 saturated heterocycles. The SMILES string of the molecule is C=C.C=CC.CC/C=C(Cl)\C=C1/CN(CC(=O)N/C(C)=C(/C)F)C(=O)C12COC1=C2C=CC2CCOC2=C1. The molecule has 2 fully saturated rings. The molecule has 0 bridgehead atoms. The maximum atomic E-state index is 13.8. The minimum absolute atomic E-state index is 0.123. The van der Waals surface area contributed by atoms with Crippen LogP contribution in [-0.4, -0.2) is 43.0 Å². The molecule has 2 amide bonds. The summed E-state index contributed by atoms with van der Waals surface area (Å²) in [6.07, 6.45) is 12.9. The third-order valence-corrected chi connectivity index (χ3v) is 6.72. The van der Waals surface area contributed by atoms with Gasteiger partial charge in [0, 0.05) is 34.8 Å². The van der Waals surface area contributed by atoms with Gasteiger partial charge in [-0.3, -0.25) is 9.59 Å². The Morgan fingerprint density at radius 3 is 2.66 bits per heavy atom. The zero-order valence-corrected chi connectivity index (χ0v) is 23.5. The molecule has 3 heterocycles. The van der Waals surface area contributed by atoms with Crippen LogP contribution in [0, 0.1) is 11.3 Å². The molecule has 4 aliphatic rings. The summed E-state index contributed by atoms with van der Waals surface area (Å²) in [7, 11) is 0. The summed E-state index contributed by atoms with van der Waals surface area (Å²) in [5, 5.41) is 3.04. The van der Waals surface area contributed by atoms with Crippen molar-refractivity contribution in [2.75, 3.05) is 26.3 Å². The molecular weight excluding hydrogens is 507 g/mol. The number of allylic oxidation sites excluding steroid dienone is 9. The third-order valence-electron chi connectivity index (χ3n) is 6.45. The van der Waals surface area contributed by atoms with Gasteiger partial charge in [0.15, 0.2) is 0 Å². The zero-order chi connectivity index (χ0) is 28.5. The second kappa shape index (κ2) is 14.0. The highest BCUT2D eigenvalue weighted by Gasteiger charge is 2.57. The van der Waals surface area contributed by atoms with Crippen molar-refractivity contribution in [1.29, 1.82) is 0 Å². The number of hydrogen-bond donors (Lipinski definition) is 1. The van der Waals surface area contributed by atoms with Crippen molar-refractivity contribution in [2.24, 2.45) is 11.3 Å². The van der Waals surface area contributed by atoms with E-state index in [4.69, 9.17) is 21.1 Å². The van der Waals surface area contributed by atoms with Crippen LogP contribution in [0.3, 0.4) is 0 Å². The van der Waals surface area contributed by atoms with Crippen LogP contribution >= 0.6 is 11.6 Å². The Balaban J connectivity index is 0.000000947. The molecule has 0 aromatic heterocycles. The summed E-state index contributed by atoms with van der Waals surface area (Å²) in [5.74, 6) is 0.438. The number of halogens is 2. The summed E-state index contributed by atoms with van der Waals surface area (Å²) in [6, 6.07) is 0. The van der Waals surface area contributed by atoms with Crippen LogP contribution in [0.2, 0.25) is 0 Å². The first kappa shape index (κ1) is 30.9. The highest BCUT2D eigenvalue weighted by Crippen LogP contribution is 2.51. The van der Waals surface area contributed by atoms with E-state index in [1.807, 2.05) is 32.1 Å². The summed E-state index contributed by atoms with van der Waals surface area (Å²) < 4.78 is 25.2. The molecule has 0 saturated carbocycles. The van der Waals surface area contributed by atoms with Crippen molar-refractivity contribution in [1.82, 2.24) is 10.2 Å². The number of hydrogen-bond acceptors (Lipinski definition) is 4. The fraction of sp³-hybridized carbons (Fsp3) is 0.400. The first-order chi connectivity index (χ1) is 18.2. The van der Waals surface area contributed by atoms with Gasteiger partial charge >= 0.3 is 0 Å². The van der Waals surface area contributed by atoms with Crippen LogP contribution < -0.4 is 5.32 Å². The quantitative estimate of drug-likeness (QED) is 0.408. The average molecular weight is 545 g/mol. The van der Waals surface area contributed by atoms with Crippen LogP contribution in [0.15, 0.2) is 95.4 Å². The first-order valence-corrected chi connectivity index (χ1v) is 13.0. The number of fused-ring (bicyclic) bond motifs is 2. The van der Waals surface area contributed by atoms with E-state index in [0.29, 0.717) is 17.4 Å². The molecule has 1 aliphatic carbocycles. The zero-order valence-electron chi connectivity index (χ0n) is 22.7. The van der Waals surface area contributed by atoms with Gasteiger partial charge in [0.05, 0.1) is 6.61 Å². The minimum Gasteiger partial charge on any atom is -0.497 e. The van der Waals surface area contributed by atoms with E-state index in [-0.39, 0.29) is 37.2 Å². The Labute approximate surface area is 230 Å². The van der Waals surface area contributed by atoms with Gasteiger partial charge in [-0.2, -0.15) is 0 Å². The van der Waals surface area contributed by atoms with E-state index in [0.717, 1.165) is 29.7 Å². The summed E-state index contributed by atoms with van der Waals surface area (Å²) in [4.78, 5) is 27.8. The van der Waals surface area contributed by atoms with E-state index in [1.54, 1.807) is 12.2 Å². The summed E-state index contributed by atoms with van der Waals surface area (Å²) >= 11 is 6.43. The molecule has 6 nitrogen and oxygen atoms in total. The molecule has 3 aliphatic heterocycles. The van der Waals surface area contributed by atoms with Crippen molar-refractivity contribution in [2.45, 2.75) is 40.5 Å². The topological polar surface area (TPSA) is 67.9 Å². The Hall–Kier alpha value is -3.32. The monoisotopic (exact) mass is 544 g/mol. The number of carbonyl (C=O) groups excluding carboxylic acids is 2. The molecule has 2 unspecified atom stereocenters. The number of ether oxygens (including phenoxy) is 2. The molecule has 4 rings (SSSR count). The van der Waals surface area contributed by atoms with Crippen LogP contribution in [-0.2, 0) is 19.1 Å². The smallest absolute Gasteiger partial charge is 0.243 e. The fourth-order valence-electron chi connectivity index (χ4n) is 4.62. The van der Waals surface area contributed by atoms with Gasteiger partial charge < -0.3 is 19.7 Å². The first-order valence-electron chi connectivity index (χ1n) is 12.6. The molecule has 206 valence electrons. The molecule has 2 atom stereocenters. The van der Waals surface area contributed by atoms with Crippen LogP contribution in [0.1, 0.15) is 40.5 Å². The fourth-order valence-corrected chi connectivity index (χ4v) is 4.90. The van der Waals surface area contributed by atoms with Crippen LogP contribution in [0.5, 0.6) is 0 Å². The number of amides is 2. The Bertz CT molecular complexity index is 1130. The van der Waals surface area contributed by atoms with Crippen LogP contribution in [0.25, 0.3) is 0 Å². The molecule has 1 spiro atoms. The Kier molecular flexibility index (Phi) is 11.4. The van der Waals surface area contributed by atoms with E-state index < -0.39 is 17.1 Å². The molecular formula is C30H38ClFN2O4. The maximum Gasteiger partial charge on any atom is 0.243 e. The van der Waals surface area contributed by atoms with E-state index in [1.165, 1.54) is 18.7 Å². The molecule has 0 aromatic rings. The largest absolute Gasteiger partial charge is 0.497 e. The molecule has 0 aromatic carbocycles. The van der Waals surface area contributed by atoms with Gasteiger partial charge in [0.2, 0.25) is 11.8 Å². The predicted octanol–water partition coefficient (Wildman–Crippen LogP) is 6.38. The lowest BCUT2D eigenvalue weighted by Crippen LogP contribution is -2.42. The van der Waals surface area contributed by atoms with Crippen molar-refractivity contribution < 1.29 is 23.5 Å². The van der Waals surface area contributed by atoms with Crippen molar-refractivity contribution in [3.05, 3.63) is 95.4 Å². The van der Waals surface area contributed by atoms with Gasteiger partial charge in [-0.1, -0.05) is 42.8 Å². The lowest BCUT2D eigenvalue weighted by Gasteiger charge is -2.24. The Morgan fingerprint density at radius 1 is 1.34 bits per heavy atom. The lowest BCUT2D eigenvalue weighted by atomic mass is 9.76. The van der Waals surface area contributed by atoms with E-state index in [9.17, 15) is 14.0 Å². The minimum atomic E-state index is -1.07. The molecule has 0 radical (unpaired) electrons. The number of nitrogens with one attached hydrogen (secondary N) is 1. The second-order valence-corrected chi connectivity index (χ2v) is 9.50. The van der Waals surface area contributed by atoms with Gasteiger partial charge in [-0.15, -0.1) is 19.7 Å². The van der Waals surface area contributed by atoms with E-state index in [2.05, 4.69) is 31.1 Å². The maximum absolute atomic E-state index is 13.8. The highest BCUT2D eigenvalue weighted by molar-refractivity contribution is 6.31. The Morgan fingerprint density at radius 2 is 2.03 bits per heavy atom. The van der Waals surface area contributed by atoms with Crippen molar-refractivity contribution in [3.8, 4) is 0 Å². The van der Waals surface area contributed by atoms with Crippen molar-refractivity contribution >= 4 is 23.4 Å². The standard InChI is InChI=1S/C25H28ClFN2O4.C3H6.C2H4/c1-4-5-19(26)10-18-12-29(13-23(30)28-16(3)15(2)27)24(31)25(18)14-33-22-11-21-17(8-9-32-21)6-7-20(22)25;1-3-2;1-2/h5-7,10-11,17H,4,8-9,12-14H2,1-3H3,(H,28,30);3H,1H2,2H3;1-2H2/b16-15-,18-10+,19-5+;;. The van der Waals surface area contributed by atoms with Gasteiger partial charge in [-0.25, -0.2) is 4.39 Å². The molecule has 38 heavy (non-hydrogen) atoms. The number of nitrogens with zero attached hydrogens (tertiary/aromatic N) is 1. The average Bonchev–Trinajstić information content (AvgIpc) is 3.50. The molecule has 8 heteroatoms. The number of carbonyl (C=O) groups is 2.